The van der Waals surface area contributed by atoms with Gasteiger partial charge in [-0.25, -0.2) is 9.98 Å². The van der Waals surface area contributed by atoms with Crippen molar-refractivity contribution in [2.45, 2.75) is 6.04 Å². The Labute approximate surface area is 160 Å². The lowest BCUT2D eigenvalue weighted by Crippen LogP contribution is -2.26. The zero-order valence-corrected chi connectivity index (χ0v) is 15.5. The molecule has 4 rings (SSSR count). The molecule has 136 valence electrons. The molecule has 0 spiro atoms. The number of fused-ring (bicyclic) bond motifs is 1. The van der Waals surface area contributed by atoms with Crippen molar-refractivity contribution in [2.75, 3.05) is 13.7 Å². The Morgan fingerprint density at radius 2 is 2.07 bits per heavy atom. The van der Waals surface area contributed by atoms with E-state index < -0.39 is 0 Å². The van der Waals surface area contributed by atoms with Crippen molar-refractivity contribution < 1.29 is 9.53 Å². The summed E-state index contributed by atoms with van der Waals surface area (Å²) in [5, 5.41) is 5.85. The number of carbonyl (C=O) groups is 1. The number of aromatic nitrogens is 1. The summed E-state index contributed by atoms with van der Waals surface area (Å²) in [5.41, 5.74) is 5.19. The summed E-state index contributed by atoms with van der Waals surface area (Å²) in [6.07, 6.45) is 1.81. The molecule has 1 saturated heterocycles. The first-order chi connectivity index (χ1) is 13.2. The van der Waals surface area contributed by atoms with E-state index in [0.717, 1.165) is 21.3 Å². The fourth-order valence-corrected chi connectivity index (χ4v) is 3.61. The molecule has 0 radical (unpaired) electrons. The van der Waals surface area contributed by atoms with Crippen molar-refractivity contribution >= 4 is 39.5 Å². The van der Waals surface area contributed by atoms with Crippen LogP contribution < -0.4 is 10.6 Å². The van der Waals surface area contributed by atoms with Crippen LogP contribution in [0.15, 0.2) is 64.7 Å². The summed E-state index contributed by atoms with van der Waals surface area (Å²) in [5.74, 6) is 0.221. The third-order valence-corrected chi connectivity index (χ3v) is 4.98. The molecule has 6 nitrogen and oxygen atoms in total. The average molecular weight is 378 g/mol. The second-order valence-corrected chi connectivity index (χ2v) is 6.96. The summed E-state index contributed by atoms with van der Waals surface area (Å²) >= 11 is 1.57. The molecule has 1 atom stereocenters. The van der Waals surface area contributed by atoms with E-state index in [0.29, 0.717) is 18.3 Å². The molecule has 1 amide bonds. The third kappa shape index (κ3) is 3.89. The molecule has 0 bridgehead atoms. The smallest absolute Gasteiger partial charge is 0.274 e. The van der Waals surface area contributed by atoms with Gasteiger partial charge in [0, 0.05) is 7.11 Å². The van der Waals surface area contributed by atoms with Crippen molar-refractivity contribution in [3.8, 4) is 0 Å². The number of aliphatic imine (C=N–C) groups is 1. The maximum absolute atomic E-state index is 12.3. The summed E-state index contributed by atoms with van der Waals surface area (Å²) in [4.78, 5) is 21.2. The number of hydrogen-bond acceptors (Lipinski definition) is 5. The Hall–Kier alpha value is -3.03. The lowest BCUT2D eigenvalue weighted by molar-refractivity contribution is -0.115. The van der Waals surface area contributed by atoms with E-state index in [1.165, 1.54) is 0 Å². The van der Waals surface area contributed by atoms with Crippen molar-refractivity contribution in [3.63, 3.8) is 0 Å². The Bertz CT molecular complexity index is 1030. The molecule has 7 heteroatoms. The fourth-order valence-electron chi connectivity index (χ4n) is 2.88. The predicted octanol–water partition coefficient (Wildman–Crippen LogP) is 3.10. The number of nitrogens with one attached hydrogen (secondary N) is 2. The van der Waals surface area contributed by atoms with Crippen LogP contribution in [0.1, 0.15) is 17.2 Å². The van der Waals surface area contributed by atoms with Gasteiger partial charge >= 0.3 is 0 Å². The Balaban J connectivity index is 1.57. The SMILES string of the molecule is COC[C@@H](N=C1NC(=O)/C(=C/c2ccc3ncsc3c2)N1)c1ccccc1. The van der Waals surface area contributed by atoms with Gasteiger partial charge in [-0.05, 0) is 29.3 Å². The van der Waals surface area contributed by atoms with E-state index >= 15 is 0 Å². The number of carbonyl (C=O) groups excluding carboxylic acids is 1. The van der Waals surface area contributed by atoms with Crippen LogP contribution in [0.3, 0.4) is 0 Å². The normalized spacial score (nSPS) is 18.0. The zero-order chi connectivity index (χ0) is 18.6. The highest BCUT2D eigenvalue weighted by atomic mass is 32.1. The van der Waals surface area contributed by atoms with Crippen LogP contribution in [0.25, 0.3) is 16.3 Å². The first-order valence-corrected chi connectivity index (χ1v) is 9.36. The van der Waals surface area contributed by atoms with Gasteiger partial charge in [0.25, 0.3) is 5.91 Å². The predicted molar refractivity (Wildman–Crippen MR) is 107 cm³/mol. The maximum atomic E-state index is 12.3. The molecule has 27 heavy (non-hydrogen) atoms. The van der Waals surface area contributed by atoms with E-state index in [2.05, 4.69) is 20.6 Å². The fraction of sp³-hybridized carbons (Fsp3) is 0.150. The van der Waals surface area contributed by atoms with Gasteiger partial charge in [-0.15, -0.1) is 11.3 Å². The number of nitrogens with zero attached hydrogens (tertiary/aromatic N) is 2. The van der Waals surface area contributed by atoms with Crippen LogP contribution >= 0.6 is 11.3 Å². The van der Waals surface area contributed by atoms with Gasteiger partial charge in [-0.3, -0.25) is 10.1 Å². The summed E-state index contributed by atoms with van der Waals surface area (Å²) < 4.78 is 6.37. The average Bonchev–Trinajstić information content (AvgIpc) is 3.28. The minimum absolute atomic E-state index is 0.202. The topological polar surface area (TPSA) is 75.6 Å². The van der Waals surface area contributed by atoms with Crippen molar-refractivity contribution in [2.24, 2.45) is 4.99 Å². The number of methoxy groups -OCH3 is 1. The van der Waals surface area contributed by atoms with Gasteiger partial charge in [0.2, 0.25) is 5.96 Å². The van der Waals surface area contributed by atoms with Crippen molar-refractivity contribution in [1.82, 2.24) is 15.6 Å². The Morgan fingerprint density at radius 3 is 2.89 bits per heavy atom. The Kier molecular flexibility index (Phi) is 4.95. The second kappa shape index (κ2) is 7.69. The first-order valence-electron chi connectivity index (χ1n) is 8.48. The van der Waals surface area contributed by atoms with E-state index in [1.807, 2.05) is 60.1 Å². The largest absolute Gasteiger partial charge is 0.382 e. The van der Waals surface area contributed by atoms with Crippen LogP contribution in [0.4, 0.5) is 0 Å². The maximum Gasteiger partial charge on any atom is 0.274 e. The number of amides is 1. The van der Waals surface area contributed by atoms with E-state index in [4.69, 9.17) is 4.74 Å². The molecule has 2 aromatic carbocycles. The molecule has 2 N–H and O–H groups in total. The highest BCUT2D eigenvalue weighted by Gasteiger charge is 2.23. The number of thiazole rings is 1. The van der Waals surface area contributed by atoms with Crippen molar-refractivity contribution in [3.05, 3.63) is 70.9 Å². The Morgan fingerprint density at radius 1 is 1.22 bits per heavy atom. The molecule has 1 aromatic heterocycles. The molecule has 1 fully saturated rings. The van der Waals surface area contributed by atoms with Gasteiger partial charge in [-0.1, -0.05) is 36.4 Å². The van der Waals surface area contributed by atoms with Crippen molar-refractivity contribution in [1.29, 1.82) is 0 Å². The standard InChI is InChI=1S/C20H18N4O2S/c1-26-11-17(14-5-3-2-4-6-14)23-20-22-16(19(25)24-20)9-13-7-8-15-18(10-13)27-12-21-15/h2-10,12,17H,11H2,1H3,(H2,22,23,24,25)/b16-9-/t17-/m1/s1. The first kappa shape index (κ1) is 17.4. The zero-order valence-electron chi connectivity index (χ0n) is 14.7. The minimum Gasteiger partial charge on any atom is -0.382 e. The quantitative estimate of drug-likeness (QED) is 0.669. The number of rotatable bonds is 5. The summed E-state index contributed by atoms with van der Waals surface area (Å²) in [6, 6.07) is 15.6. The lowest BCUT2D eigenvalue weighted by Gasteiger charge is -2.12. The minimum atomic E-state index is -0.206. The molecule has 2 heterocycles. The second-order valence-electron chi connectivity index (χ2n) is 6.08. The summed E-state index contributed by atoms with van der Waals surface area (Å²) in [6.45, 7) is 0.423. The van der Waals surface area contributed by atoms with Crippen LogP contribution in [0.2, 0.25) is 0 Å². The van der Waals surface area contributed by atoms with Crippen LogP contribution in [0.5, 0.6) is 0 Å². The van der Waals surface area contributed by atoms with Crippen LogP contribution in [-0.4, -0.2) is 30.6 Å². The number of hydrogen-bond donors (Lipinski definition) is 2. The highest BCUT2D eigenvalue weighted by Crippen LogP contribution is 2.21. The van der Waals surface area contributed by atoms with Crippen LogP contribution in [-0.2, 0) is 9.53 Å². The van der Waals surface area contributed by atoms with Gasteiger partial charge in [0.05, 0.1) is 22.3 Å². The lowest BCUT2D eigenvalue weighted by atomic mass is 10.1. The van der Waals surface area contributed by atoms with Gasteiger partial charge < -0.3 is 10.1 Å². The van der Waals surface area contributed by atoms with E-state index in [1.54, 1.807) is 18.4 Å². The van der Waals surface area contributed by atoms with Gasteiger partial charge in [0.1, 0.15) is 11.7 Å². The number of benzene rings is 2. The molecular weight excluding hydrogens is 360 g/mol. The van der Waals surface area contributed by atoms with E-state index in [-0.39, 0.29) is 11.9 Å². The molecule has 3 aromatic rings. The van der Waals surface area contributed by atoms with Gasteiger partial charge in [0.15, 0.2) is 0 Å². The molecule has 0 saturated carbocycles. The molecule has 1 aliphatic heterocycles. The van der Waals surface area contributed by atoms with Gasteiger partial charge in [-0.2, -0.15) is 0 Å². The van der Waals surface area contributed by atoms with E-state index in [9.17, 15) is 4.79 Å². The monoisotopic (exact) mass is 378 g/mol. The number of ether oxygens (including phenoxy) is 1. The molecule has 0 unspecified atom stereocenters. The molecule has 1 aliphatic rings. The number of guanidine groups is 1. The summed E-state index contributed by atoms with van der Waals surface area (Å²) in [7, 11) is 1.64. The van der Waals surface area contributed by atoms with Crippen LogP contribution in [0, 0.1) is 0 Å². The highest BCUT2D eigenvalue weighted by molar-refractivity contribution is 7.16. The molecule has 0 aliphatic carbocycles. The third-order valence-electron chi connectivity index (χ3n) is 4.19. The molecular formula is C20H18N4O2S.